The predicted molar refractivity (Wildman–Crippen MR) is 78.6 cm³/mol. The van der Waals surface area contributed by atoms with Crippen LogP contribution in [0.2, 0.25) is 0 Å². The third-order valence-electron chi connectivity index (χ3n) is 3.29. The van der Waals surface area contributed by atoms with Gasteiger partial charge >= 0.3 is 0 Å². The summed E-state index contributed by atoms with van der Waals surface area (Å²) >= 11 is 0. The molecular weight excluding hydrogens is 266 g/mol. The van der Waals surface area contributed by atoms with Gasteiger partial charge in [0.25, 0.3) is 0 Å². The minimum absolute atomic E-state index is 0.506. The third kappa shape index (κ3) is 2.45. The highest BCUT2D eigenvalue weighted by Gasteiger charge is 2.21. The molecule has 4 heteroatoms. The minimum Gasteiger partial charge on any atom is -0.496 e. The van der Waals surface area contributed by atoms with Gasteiger partial charge in [0.05, 0.1) is 7.11 Å². The predicted octanol–water partition coefficient (Wildman–Crippen LogP) is 3.18. The molecule has 0 saturated carbocycles. The van der Waals surface area contributed by atoms with E-state index in [-0.39, 0.29) is 0 Å². The quantitative estimate of drug-likeness (QED) is 0.481. The molecule has 0 saturated heterocycles. The van der Waals surface area contributed by atoms with E-state index in [1.165, 1.54) is 6.08 Å². The molecule has 0 amide bonds. The second-order valence-corrected chi connectivity index (χ2v) is 4.50. The van der Waals surface area contributed by atoms with Crippen LogP contribution in [0.5, 0.6) is 17.4 Å². The Bertz CT molecular complexity index is 758. The molecule has 2 aromatic rings. The Labute approximate surface area is 122 Å². The molecule has 1 aromatic carbocycles. The lowest BCUT2D eigenvalue weighted by molar-refractivity contribution is -0.104. The Morgan fingerprint density at radius 1 is 1.33 bits per heavy atom. The van der Waals surface area contributed by atoms with Gasteiger partial charge in [0.1, 0.15) is 11.5 Å². The van der Waals surface area contributed by atoms with E-state index in [2.05, 4.69) is 10.7 Å². The summed E-state index contributed by atoms with van der Waals surface area (Å²) in [6, 6.07) is 9.37. The first-order valence-corrected chi connectivity index (χ1v) is 6.52. The summed E-state index contributed by atoms with van der Waals surface area (Å²) in [7, 11) is 1.62. The van der Waals surface area contributed by atoms with Crippen LogP contribution < -0.4 is 9.47 Å². The number of nitrogens with zero attached hydrogens (tertiary/aromatic N) is 1. The molecule has 1 aromatic heterocycles. The zero-order valence-corrected chi connectivity index (χ0v) is 11.5. The van der Waals surface area contributed by atoms with Crippen molar-refractivity contribution in [1.82, 2.24) is 4.98 Å². The number of allylic oxidation sites excluding steroid dienone is 1. The van der Waals surface area contributed by atoms with E-state index in [9.17, 15) is 4.79 Å². The topological polar surface area (TPSA) is 48.4 Å². The molecule has 2 heterocycles. The molecule has 3 rings (SSSR count). The number of pyridine rings is 1. The first kappa shape index (κ1) is 13.2. The van der Waals surface area contributed by atoms with E-state index < -0.39 is 0 Å². The third-order valence-corrected chi connectivity index (χ3v) is 3.29. The number of aromatic nitrogens is 1. The molecule has 0 unspecified atom stereocenters. The van der Waals surface area contributed by atoms with Crippen molar-refractivity contribution in [3.05, 3.63) is 59.5 Å². The fourth-order valence-electron chi connectivity index (χ4n) is 2.35. The number of fused-ring (bicyclic) bond motifs is 2. The lowest BCUT2D eigenvalue weighted by Gasteiger charge is -2.10. The molecule has 0 fully saturated rings. The van der Waals surface area contributed by atoms with E-state index in [0.717, 1.165) is 22.4 Å². The van der Waals surface area contributed by atoms with E-state index in [4.69, 9.17) is 9.47 Å². The second kappa shape index (κ2) is 5.65. The van der Waals surface area contributed by atoms with Gasteiger partial charge < -0.3 is 9.47 Å². The smallest absolute Gasteiger partial charge is 0.227 e. The van der Waals surface area contributed by atoms with Gasteiger partial charge in [-0.25, -0.2) is 4.98 Å². The van der Waals surface area contributed by atoms with Crippen molar-refractivity contribution >= 4 is 11.9 Å². The lowest BCUT2D eigenvalue weighted by Crippen LogP contribution is -1.94. The van der Waals surface area contributed by atoms with E-state index >= 15 is 0 Å². The van der Waals surface area contributed by atoms with Crippen molar-refractivity contribution in [1.29, 1.82) is 0 Å². The van der Waals surface area contributed by atoms with Gasteiger partial charge in [0.15, 0.2) is 6.29 Å². The number of aldehydes is 1. The monoisotopic (exact) mass is 279 g/mol. The van der Waals surface area contributed by atoms with Crippen molar-refractivity contribution in [3.63, 3.8) is 0 Å². The fourth-order valence-corrected chi connectivity index (χ4v) is 2.35. The first-order valence-electron chi connectivity index (χ1n) is 6.52. The van der Waals surface area contributed by atoms with Gasteiger partial charge in [0, 0.05) is 35.4 Å². The summed E-state index contributed by atoms with van der Waals surface area (Å²) < 4.78 is 11.3. The average Bonchev–Trinajstić information content (AvgIpc) is 2.68. The van der Waals surface area contributed by atoms with Crippen LogP contribution in [0, 0.1) is 0 Å². The van der Waals surface area contributed by atoms with Crippen molar-refractivity contribution in [2.45, 2.75) is 6.42 Å². The number of carbonyl (C=O) groups is 1. The van der Waals surface area contributed by atoms with E-state index in [1.807, 2.05) is 30.3 Å². The summed E-state index contributed by atoms with van der Waals surface area (Å²) in [6.45, 7) is 0. The van der Waals surface area contributed by atoms with Crippen LogP contribution in [0.1, 0.15) is 11.1 Å². The van der Waals surface area contributed by atoms with Gasteiger partial charge in [0.2, 0.25) is 5.88 Å². The van der Waals surface area contributed by atoms with Crippen LogP contribution in [0.25, 0.3) is 5.57 Å². The maximum atomic E-state index is 10.6. The van der Waals surface area contributed by atoms with Crippen molar-refractivity contribution in [2.75, 3.05) is 7.11 Å². The second-order valence-electron chi connectivity index (χ2n) is 4.50. The summed E-state index contributed by atoms with van der Waals surface area (Å²) in [5.74, 6) is 1.95. The maximum Gasteiger partial charge on any atom is 0.227 e. The van der Waals surface area contributed by atoms with Crippen LogP contribution >= 0.6 is 0 Å². The summed E-state index contributed by atoms with van der Waals surface area (Å²) in [5.41, 5.74) is 5.59. The highest BCUT2D eigenvalue weighted by molar-refractivity contribution is 5.77. The molecule has 0 N–H and O–H groups in total. The Morgan fingerprint density at radius 3 is 3.05 bits per heavy atom. The van der Waals surface area contributed by atoms with Gasteiger partial charge in [-0.2, -0.15) is 0 Å². The summed E-state index contributed by atoms with van der Waals surface area (Å²) in [4.78, 5) is 14.9. The van der Waals surface area contributed by atoms with Crippen LogP contribution in [0.4, 0.5) is 0 Å². The fraction of sp³-hybridized carbons (Fsp3) is 0.118. The Morgan fingerprint density at radius 2 is 2.24 bits per heavy atom. The largest absolute Gasteiger partial charge is 0.496 e. The molecule has 0 bridgehead atoms. The van der Waals surface area contributed by atoms with Crippen LogP contribution in [-0.4, -0.2) is 18.4 Å². The number of carbonyl (C=O) groups excluding carboxylic acids is 1. The molecule has 104 valence electrons. The number of hydrogen-bond donors (Lipinski definition) is 0. The number of benzene rings is 1. The maximum absolute atomic E-state index is 10.6. The molecule has 21 heavy (non-hydrogen) atoms. The lowest BCUT2D eigenvalue weighted by atomic mass is 9.99. The van der Waals surface area contributed by atoms with E-state index in [0.29, 0.717) is 24.3 Å². The standard InChI is InChI=1S/C17H13NO3/c1-20-15-7-2-8-16-14(15)11-12(5-4-10-19)13-6-3-9-18-17(13)21-16/h2-4,6-10H,11H2,1H3. The van der Waals surface area contributed by atoms with Gasteiger partial charge in [-0.1, -0.05) is 6.07 Å². The zero-order chi connectivity index (χ0) is 14.7. The van der Waals surface area contributed by atoms with Crippen molar-refractivity contribution in [2.24, 2.45) is 0 Å². The number of methoxy groups -OCH3 is 1. The van der Waals surface area contributed by atoms with Crippen LogP contribution in [0.3, 0.4) is 0 Å². The molecule has 0 spiro atoms. The Hall–Kier alpha value is -2.84. The van der Waals surface area contributed by atoms with E-state index in [1.54, 1.807) is 13.3 Å². The highest BCUT2D eigenvalue weighted by Crippen LogP contribution is 2.40. The van der Waals surface area contributed by atoms with Gasteiger partial charge in [-0.05, 0) is 24.3 Å². The van der Waals surface area contributed by atoms with Crippen LogP contribution in [-0.2, 0) is 11.2 Å². The SMILES string of the molecule is COc1cccc2c1CC(=C=CC=O)c1cccnc1O2. The normalized spacial score (nSPS) is 12.1. The van der Waals surface area contributed by atoms with Gasteiger partial charge in [-0.15, -0.1) is 5.73 Å². The minimum atomic E-state index is 0.506. The van der Waals surface area contributed by atoms with Crippen molar-refractivity contribution in [3.8, 4) is 17.4 Å². The van der Waals surface area contributed by atoms with Gasteiger partial charge in [-0.3, -0.25) is 4.79 Å². The number of hydrogen-bond acceptors (Lipinski definition) is 4. The zero-order valence-electron chi connectivity index (χ0n) is 11.5. The molecule has 0 radical (unpaired) electrons. The molecule has 0 atom stereocenters. The average molecular weight is 279 g/mol. The Kier molecular flexibility index (Phi) is 3.54. The van der Waals surface area contributed by atoms with Crippen LogP contribution in [0.15, 0.2) is 48.3 Å². The molecule has 1 aliphatic rings. The Balaban J connectivity index is 2.24. The summed E-state index contributed by atoms with van der Waals surface area (Å²) in [6.07, 6.45) is 4.29. The molecule has 4 nitrogen and oxygen atoms in total. The molecular formula is C17H13NO3. The molecule has 0 aliphatic carbocycles. The number of ether oxygens (including phenoxy) is 2. The first-order chi connectivity index (χ1) is 10.3. The molecule has 1 aliphatic heterocycles. The number of rotatable bonds is 2. The highest BCUT2D eigenvalue weighted by atomic mass is 16.5. The summed E-state index contributed by atoms with van der Waals surface area (Å²) in [5, 5.41) is 0. The van der Waals surface area contributed by atoms with Crippen molar-refractivity contribution < 1.29 is 14.3 Å².